The van der Waals surface area contributed by atoms with Crippen LogP contribution < -0.4 is 9.80 Å². The summed E-state index contributed by atoms with van der Waals surface area (Å²) in [6.07, 6.45) is 4.19. The van der Waals surface area contributed by atoms with E-state index in [0.29, 0.717) is 30.6 Å². The predicted octanol–water partition coefficient (Wildman–Crippen LogP) is 3.73. The van der Waals surface area contributed by atoms with Gasteiger partial charge in [-0.25, -0.2) is 4.98 Å². The van der Waals surface area contributed by atoms with E-state index in [0.717, 1.165) is 49.0 Å². The third kappa shape index (κ3) is 4.62. The number of fused-ring (bicyclic) bond motifs is 1. The number of anilines is 2. The summed E-state index contributed by atoms with van der Waals surface area (Å²) in [6.45, 7) is 8.77. The summed E-state index contributed by atoms with van der Waals surface area (Å²) in [5.41, 5.74) is 2.80. The predicted molar refractivity (Wildman–Crippen MR) is 128 cm³/mol. The van der Waals surface area contributed by atoms with E-state index in [-0.39, 0.29) is 17.6 Å². The lowest BCUT2D eigenvalue weighted by Crippen LogP contribution is -2.39. The van der Waals surface area contributed by atoms with Crippen molar-refractivity contribution < 1.29 is 9.72 Å². The lowest BCUT2D eigenvalue weighted by Gasteiger charge is -2.35. The largest absolute Gasteiger partial charge is 0.357 e. The summed E-state index contributed by atoms with van der Waals surface area (Å²) in [5, 5.41) is 11.3. The number of hydrogen-bond donors (Lipinski definition) is 0. The van der Waals surface area contributed by atoms with Gasteiger partial charge in [0.15, 0.2) is 0 Å². The fourth-order valence-corrected chi connectivity index (χ4v) is 4.45. The van der Waals surface area contributed by atoms with Crippen molar-refractivity contribution >= 4 is 23.4 Å². The number of rotatable bonds is 5. The number of aryl methyl sites for hydroxylation is 1. The molecule has 1 saturated heterocycles. The first-order valence-corrected chi connectivity index (χ1v) is 11.7. The highest BCUT2D eigenvalue weighted by atomic mass is 16.6. The molecule has 0 saturated carbocycles. The molecule has 1 fully saturated rings. The Hall–Kier alpha value is -3.23. The highest BCUT2D eigenvalue weighted by molar-refractivity contribution is 5.95. The second-order valence-corrected chi connectivity index (χ2v) is 9.26. The van der Waals surface area contributed by atoms with Gasteiger partial charge >= 0.3 is 0 Å². The molecule has 2 aromatic rings. The normalized spacial score (nSPS) is 16.0. The van der Waals surface area contributed by atoms with Crippen LogP contribution in [0.4, 0.5) is 17.5 Å². The first kappa shape index (κ1) is 22.9. The van der Waals surface area contributed by atoms with Crippen LogP contribution in [-0.4, -0.2) is 58.4 Å². The zero-order chi connectivity index (χ0) is 23.7. The van der Waals surface area contributed by atoms with E-state index in [2.05, 4.69) is 23.6 Å². The number of benzene rings is 1. The maximum Gasteiger partial charge on any atom is 0.273 e. The van der Waals surface area contributed by atoms with Crippen molar-refractivity contribution in [1.82, 2.24) is 14.9 Å². The van der Waals surface area contributed by atoms with Gasteiger partial charge in [-0.2, -0.15) is 4.98 Å². The molecule has 176 valence electrons. The third-order valence-electron chi connectivity index (χ3n) is 6.71. The molecular formula is C24H32N6O3. The van der Waals surface area contributed by atoms with E-state index in [1.807, 2.05) is 7.05 Å². The Kier molecular flexibility index (Phi) is 6.49. The number of hydrogen-bond acceptors (Lipinski definition) is 7. The van der Waals surface area contributed by atoms with Crippen LogP contribution in [0.3, 0.4) is 0 Å². The Bertz CT molecular complexity index is 1060. The summed E-state index contributed by atoms with van der Waals surface area (Å²) < 4.78 is 0. The van der Waals surface area contributed by atoms with Gasteiger partial charge in [-0.15, -0.1) is 0 Å². The molecule has 4 rings (SSSR count). The first-order valence-electron chi connectivity index (χ1n) is 11.7. The molecule has 33 heavy (non-hydrogen) atoms. The average Bonchev–Trinajstić information content (AvgIpc) is 2.82. The molecule has 0 radical (unpaired) electrons. The highest BCUT2D eigenvalue weighted by Gasteiger charge is 2.30. The van der Waals surface area contributed by atoms with E-state index < -0.39 is 4.92 Å². The number of piperidine rings is 1. The van der Waals surface area contributed by atoms with E-state index in [1.165, 1.54) is 12.5 Å². The average molecular weight is 453 g/mol. The second kappa shape index (κ2) is 9.33. The SMILES string of the molecule is Cc1ccc(C(=O)N2CCc3nc(N4CCCCC4)nc(N(C)C(C)C)c3C2)cc1[N+](=O)[O-]. The smallest absolute Gasteiger partial charge is 0.273 e. The Morgan fingerprint density at radius 3 is 2.55 bits per heavy atom. The number of amides is 1. The standard InChI is InChI=1S/C24H32N6O3/c1-16(2)27(4)22-19-15-29(23(31)18-9-8-17(3)21(14-18)30(32)33)13-10-20(19)25-24(26-22)28-11-6-5-7-12-28/h8-9,14,16H,5-7,10-13,15H2,1-4H3. The van der Waals surface area contributed by atoms with Crippen LogP contribution in [0.2, 0.25) is 0 Å². The molecule has 0 unspecified atom stereocenters. The van der Waals surface area contributed by atoms with E-state index in [4.69, 9.17) is 9.97 Å². The van der Waals surface area contributed by atoms with Crippen molar-refractivity contribution in [3.63, 3.8) is 0 Å². The van der Waals surface area contributed by atoms with Crippen LogP contribution in [0.5, 0.6) is 0 Å². The molecule has 9 heteroatoms. The van der Waals surface area contributed by atoms with Gasteiger partial charge in [0.1, 0.15) is 5.82 Å². The van der Waals surface area contributed by atoms with Crippen LogP contribution in [0, 0.1) is 17.0 Å². The molecule has 1 aromatic carbocycles. The second-order valence-electron chi connectivity index (χ2n) is 9.26. The van der Waals surface area contributed by atoms with Gasteiger partial charge in [-0.1, -0.05) is 6.07 Å². The molecule has 0 bridgehead atoms. The molecule has 1 aromatic heterocycles. The molecule has 0 atom stereocenters. The molecule has 3 heterocycles. The van der Waals surface area contributed by atoms with Crippen molar-refractivity contribution in [2.75, 3.05) is 36.5 Å². The van der Waals surface area contributed by atoms with Crippen LogP contribution >= 0.6 is 0 Å². The van der Waals surface area contributed by atoms with E-state index in [1.54, 1.807) is 24.0 Å². The minimum atomic E-state index is -0.441. The number of nitro groups is 1. The highest BCUT2D eigenvalue weighted by Crippen LogP contribution is 2.31. The molecule has 2 aliphatic rings. The lowest BCUT2D eigenvalue weighted by atomic mass is 10.0. The van der Waals surface area contributed by atoms with Gasteiger partial charge in [0.2, 0.25) is 5.95 Å². The monoisotopic (exact) mass is 452 g/mol. The van der Waals surface area contributed by atoms with Crippen molar-refractivity contribution in [1.29, 1.82) is 0 Å². The number of aromatic nitrogens is 2. The van der Waals surface area contributed by atoms with Crippen LogP contribution in [0.25, 0.3) is 0 Å². The Morgan fingerprint density at radius 2 is 1.88 bits per heavy atom. The minimum absolute atomic E-state index is 0.0343. The minimum Gasteiger partial charge on any atom is -0.357 e. The quantitative estimate of drug-likeness (QED) is 0.504. The number of nitrogens with zero attached hydrogens (tertiary/aromatic N) is 6. The van der Waals surface area contributed by atoms with Crippen molar-refractivity contribution in [3.8, 4) is 0 Å². The maximum atomic E-state index is 13.3. The van der Waals surface area contributed by atoms with Gasteiger partial charge in [0.25, 0.3) is 11.6 Å². The van der Waals surface area contributed by atoms with E-state index in [9.17, 15) is 14.9 Å². The molecule has 1 amide bonds. The molecule has 0 spiro atoms. The van der Waals surface area contributed by atoms with Gasteiger partial charge in [-0.3, -0.25) is 14.9 Å². The summed E-state index contributed by atoms with van der Waals surface area (Å²) in [5.74, 6) is 1.44. The zero-order valence-corrected chi connectivity index (χ0v) is 19.9. The van der Waals surface area contributed by atoms with Gasteiger partial charge < -0.3 is 14.7 Å². The Morgan fingerprint density at radius 1 is 1.15 bits per heavy atom. The summed E-state index contributed by atoms with van der Waals surface area (Å²) in [7, 11) is 2.03. The van der Waals surface area contributed by atoms with Crippen LogP contribution in [-0.2, 0) is 13.0 Å². The van der Waals surface area contributed by atoms with Gasteiger partial charge in [0.05, 0.1) is 17.2 Å². The van der Waals surface area contributed by atoms with Crippen molar-refractivity contribution in [3.05, 3.63) is 50.7 Å². The molecular weight excluding hydrogens is 420 g/mol. The first-order chi connectivity index (χ1) is 15.8. The molecule has 9 nitrogen and oxygen atoms in total. The Balaban J connectivity index is 1.66. The van der Waals surface area contributed by atoms with Crippen LogP contribution in [0.1, 0.15) is 60.3 Å². The van der Waals surface area contributed by atoms with Crippen LogP contribution in [0.15, 0.2) is 18.2 Å². The summed E-state index contributed by atoms with van der Waals surface area (Å²) in [4.78, 5) is 40.2. The number of carbonyl (C=O) groups is 1. The molecule has 0 N–H and O–H groups in total. The van der Waals surface area contributed by atoms with E-state index >= 15 is 0 Å². The lowest BCUT2D eigenvalue weighted by molar-refractivity contribution is -0.385. The Labute approximate surface area is 194 Å². The maximum absolute atomic E-state index is 13.3. The number of nitro benzene ring substituents is 1. The summed E-state index contributed by atoms with van der Waals surface area (Å²) in [6, 6.07) is 4.92. The zero-order valence-electron chi connectivity index (χ0n) is 19.9. The van der Waals surface area contributed by atoms with Crippen molar-refractivity contribution in [2.45, 2.75) is 59.0 Å². The molecule has 2 aliphatic heterocycles. The fraction of sp³-hybridized carbons (Fsp3) is 0.542. The van der Waals surface area contributed by atoms with Crippen molar-refractivity contribution in [2.24, 2.45) is 0 Å². The third-order valence-corrected chi connectivity index (χ3v) is 6.71. The fourth-order valence-electron chi connectivity index (χ4n) is 4.45. The summed E-state index contributed by atoms with van der Waals surface area (Å²) >= 11 is 0. The molecule has 0 aliphatic carbocycles. The number of carbonyl (C=O) groups excluding carboxylic acids is 1. The van der Waals surface area contributed by atoms with Gasteiger partial charge in [0, 0.05) is 61.9 Å². The topological polar surface area (TPSA) is 95.7 Å². The van der Waals surface area contributed by atoms with Gasteiger partial charge in [-0.05, 0) is 46.1 Å².